The maximum atomic E-state index is 11.9. The van der Waals surface area contributed by atoms with Gasteiger partial charge in [-0.2, -0.15) is 0 Å². The second-order valence-electron chi connectivity index (χ2n) is 4.98. The fourth-order valence-electron chi connectivity index (χ4n) is 1.87. The van der Waals surface area contributed by atoms with Crippen LogP contribution in [-0.2, 0) is 4.74 Å². The Bertz CT molecular complexity index is 483. The second-order valence-corrected chi connectivity index (χ2v) is 4.98. The molecule has 1 aromatic rings. The van der Waals surface area contributed by atoms with E-state index < -0.39 is 5.97 Å². The third kappa shape index (κ3) is 4.35. The number of rotatable bonds is 8. The topological polar surface area (TPSA) is 75.6 Å². The first-order valence-electron chi connectivity index (χ1n) is 6.86. The fourth-order valence-corrected chi connectivity index (χ4v) is 1.87. The molecule has 1 aromatic carbocycles. The summed E-state index contributed by atoms with van der Waals surface area (Å²) in [6, 6.07) is 6.20. The predicted octanol–water partition coefficient (Wildman–Crippen LogP) is 1.93. The van der Waals surface area contributed by atoms with E-state index >= 15 is 0 Å². The van der Waals surface area contributed by atoms with E-state index in [1.54, 1.807) is 12.1 Å². The summed E-state index contributed by atoms with van der Waals surface area (Å²) >= 11 is 0. The van der Waals surface area contributed by atoms with Gasteiger partial charge in [0, 0.05) is 19.8 Å². The molecule has 1 amide bonds. The van der Waals surface area contributed by atoms with Crippen LogP contribution in [0.3, 0.4) is 0 Å². The Morgan fingerprint density at radius 3 is 2.60 bits per heavy atom. The zero-order valence-electron chi connectivity index (χ0n) is 11.3. The highest BCUT2D eigenvalue weighted by Gasteiger charge is 2.20. The van der Waals surface area contributed by atoms with Crippen molar-refractivity contribution < 1.29 is 19.4 Å². The molecule has 0 atom stereocenters. The highest BCUT2D eigenvalue weighted by Crippen LogP contribution is 2.28. The molecule has 20 heavy (non-hydrogen) atoms. The summed E-state index contributed by atoms with van der Waals surface area (Å²) in [5.74, 6) is -0.708. The van der Waals surface area contributed by atoms with Crippen LogP contribution in [0.15, 0.2) is 24.3 Å². The Morgan fingerprint density at radius 2 is 1.95 bits per heavy atom. The van der Waals surface area contributed by atoms with Crippen molar-refractivity contribution in [2.24, 2.45) is 5.92 Å². The average Bonchev–Trinajstić information content (AvgIpc) is 3.26. The molecule has 5 nitrogen and oxygen atoms in total. The van der Waals surface area contributed by atoms with Crippen LogP contribution in [0.1, 0.15) is 40.0 Å². The van der Waals surface area contributed by atoms with Gasteiger partial charge in [0.25, 0.3) is 5.91 Å². The molecule has 2 N–H and O–H groups in total. The fraction of sp³-hybridized carbons (Fsp3) is 0.467. The molecule has 1 aliphatic carbocycles. The third-order valence-corrected chi connectivity index (χ3v) is 3.20. The van der Waals surface area contributed by atoms with Crippen LogP contribution < -0.4 is 5.32 Å². The summed E-state index contributed by atoms with van der Waals surface area (Å²) in [6.07, 6.45) is 3.26. The number of nitrogens with one attached hydrogen (secondary N) is 1. The lowest BCUT2D eigenvalue weighted by Crippen LogP contribution is -2.27. The van der Waals surface area contributed by atoms with E-state index in [-0.39, 0.29) is 17.0 Å². The molecule has 1 aliphatic rings. The predicted molar refractivity (Wildman–Crippen MR) is 73.9 cm³/mol. The SMILES string of the molecule is O=C(O)c1ccccc1C(=O)NCCCOCC1CC1. The van der Waals surface area contributed by atoms with Gasteiger partial charge < -0.3 is 15.2 Å². The lowest BCUT2D eigenvalue weighted by atomic mass is 10.1. The van der Waals surface area contributed by atoms with Crippen LogP contribution in [0.25, 0.3) is 0 Å². The summed E-state index contributed by atoms with van der Waals surface area (Å²) < 4.78 is 5.46. The monoisotopic (exact) mass is 277 g/mol. The van der Waals surface area contributed by atoms with Crippen LogP contribution in [0.4, 0.5) is 0 Å². The first-order chi connectivity index (χ1) is 9.68. The van der Waals surface area contributed by atoms with Gasteiger partial charge in [-0.25, -0.2) is 4.79 Å². The van der Waals surface area contributed by atoms with E-state index in [1.807, 2.05) is 0 Å². The molecule has 0 saturated heterocycles. The molecular weight excluding hydrogens is 258 g/mol. The average molecular weight is 277 g/mol. The molecule has 1 fully saturated rings. The van der Waals surface area contributed by atoms with E-state index in [9.17, 15) is 9.59 Å². The third-order valence-electron chi connectivity index (χ3n) is 3.20. The Labute approximate surface area is 117 Å². The maximum Gasteiger partial charge on any atom is 0.336 e. The molecular formula is C15H19NO4. The van der Waals surface area contributed by atoms with Gasteiger partial charge in [-0.1, -0.05) is 12.1 Å². The minimum atomic E-state index is -1.09. The number of ether oxygens (including phenoxy) is 1. The van der Waals surface area contributed by atoms with E-state index in [0.717, 1.165) is 18.9 Å². The van der Waals surface area contributed by atoms with Crippen LogP contribution >= 0.6 is 0 Å². The highest BCUT2D eigenvalue weighted by molar-refractivity contribution is 6.04. The number of aromatic carboxylic acids is 1. The van der Waals surface area contributed by atoms with Gasteiger partial charge in [-0.15, -0.1) is 0 Å². The summed E-state index contributed by atoms with van der Waals surface area (Å²) in [5, 5.41) is 11.7. The van der Waals surface area contributed by atoms with Crippen molar-refractivity contribution in [3.63, 3.8) is 0 Å². The van der Waals surface area contributed by atoms with Gasteiger partial charge in [0.2, 0.25) is 0 Å². The number of carboxylic acids is 1. The van der Waals surface area contributed by atoms with Crippen LogP contribution in [-0.4, -0.2) is 36.7 Å². The normalized spacial score (nSPS) is 14.0. The lowest BCUT2D eigenvalue weighted by molar-refractivity contribution is 0.0690. The number of hydrogen-bond acceptors (Lipinski definition) is 3. The first kappa shape index (κ1) is 14.5. The van der Waals surface area contributed by atoms with Gasteiger partial charge >= 0.3 is 5.97 Å². The molecule has 0 aliphatic heterocycles. The molecule has 5 heteroatoms. The zero-order chi connectivity index (χ0) is 14.4. The quantitative estimate of drug-likeness (QED) is 0.712. The van der Waals surface area contributed by atoms with Gasteiger partial charge in [-0.3, -0.25) is 4.79 Å². The molecule has 108 valence electrons. The van der Waals surface area contributed by atoms with Crippen LogP contribution in [0.2, 0.25) is 0 Å². The van der Waals surface area contributed by atoms with Gasteiger partial charge in [0.15, 0.2) is 0 Å². The molecule has 1 saturated carbocycles. The van der Waals surface area contributed by atoms with Crippen molar-refractivity contribution in [3.8, 4) is 0 Å². The number of hydrogen-bond donors (Lipinski definition) is 2. The summed E-state index contributed by atoms with van der Waals surface area (Å²) in [7, 11) is 0. The van der Waals surface area contributed by atoms with Gasteiger partial charge in [-0.05, 0) is 37.3 Å². The molecule has 0 heterocycles. The van der Waals surface area contributed by atoms with Crippen molar-refractivity contribution in [1.82, 2.24) is 5.32 Å². The molecule has 0 radical (unpaired) electrons. The van der Waals surface area contributed by atoms with Crippen molar-refractivity contribution in [2.45, 2.75) is 19.3 Å². The first-order valence-corrected chi connectivity index (χ1v) is 6.86. The Morgan fingerprint density at radius 1 is 1.25 bits per heavy atom. The van der Waals surface area contributed by atoms with Crippen molar-refractivity contribution in [3.05, 3.63) is 35.4 Å². The lowest BCUT2D eigenvalue weighted by Gasteiger charge is -2.08. The molecule has 0 spiro atoms. The highest BCUT2D eigenvalue weighted by atomic mass is 16.5. The number of carbonyl (C=O) groups excluding carboxylic acids is 1. The van der Waals surface area contributed by atoms with E-state index in [4.69, 9.17) is 9.84 Å². The molecule has 2 rings (SSSR count). The van der Waals surface area contributed by atoms with Crippen molar-refractivity contribution in [2.75, 3.05) is 19.8 Å². The second kappa shape index (κ2) is 7.05. The van der Waals surface area contributed by atoms with Crippen molar-refractivity contribution in [1.29, 1.82) is 0 Å². The van der Waals surface area contributed by atoms with Crippen molar-refractivity contribution >= 4 is 11.9 Å². The molecule has 0 aromatic heterocycles. The Balaban J connectivity index is 1.72. The van der Waals surface area contributed by atoms with Crippen LogP contribution in [0, 0.1) is 5.92 Å². The zero-order valence-corrected chi connectivity index (χ0v) is 11.3. The minimum Gasteiger partial charge on any atom is -0.478 e. The molecule has 0 unspecified atom stereocenters. The standard InChI is InChI=1S/C15H19NO4/c17-14(12-4-1-2-5-13(12)15(18)19)16-8-3-9-20-10-11-6-7-11/h1-2,4-5,11H,3,6-10H2,(H,16,17)(H,18,19). The Kier molecular flexibility index (Phi) is 5.12. The smallest absolute Gasteiger partial charge is 0.336 e. The van der Waals surface area contributed by atoms with E-state index in [2.05, 4.69) is 5.32 Å². The molecule has 0 bridgehead atoms. The van der Waals surface area contributed by atoms with Crippen LogP contribution in [0.5, 0.6) is 0 Å². The Hall–Kier alpha value is -1.88. The van der Waals surface area contributed by atoms with E-state index in [1.165, 1.54) is 25.0 Å². The number of carboxylic acid groups (broad SMARTS) is 1. The summed E-state index contributed by atoms with van der Waals surface area (Å²) in [4.78, 5) is 22.9. The van der Waals surface area contributed by atoms with E-state index in [0.29, 0.717) is 13.2 Å². The summed E-state index contributed by atoms with van der Waals surface area (Å²) in [5.41, 5.74) is 0.217. The summed E-state index contributed by atoms with van der Waals surface area (Å²) in [6.45, 7) is 1.92. The maximum absolute atomic E-state index is 11.9. The largest absolute Gasteiger partial charge is 0.478 e. The number of benzene rings is 1. The van der Waals surface area contributed by atoms with Gasteiger partial charge in [0.1, 0.15) is 0 Å². The van der Waals surface area contributed by atoms with Gasteiger partial charge in [0.05, 0.1) is 11.1 Å². The number of amides is 1. The minimum absolute atomic E-state index is 0.0231. The number of carbonyl (C=O) groups is 2.